The van der Waals surface area contributed by atoms with Crippen LogP contribution in [0, 0.1) is 0 Å². The van der Waals surface area contributed by atoms with Crippen LogP contribution in [0.25, 0.3) is 0 Å². The molecule has 112 valence electrons. The van der Waals surface area contributed by atoms with Crippen LogP contribution in [0.2, 0.25) is 0 Å². The monoisotopic (exact) mass is 300 g/mol. The number of aliphatic carboxylic acids is 1. The average Bonchev–Trinajstić information content (AvgIpc) is 2.83. The van der Waals surface area contributed by atoms with Gasteiger partial charge in [0.1, 0.15) is 0 Å². The second-order valence-electron chi connectivity index (χ2n) is 4.37. The Kier molecular flexibility index (Phi) is 4.25. The van der Waals surface area contributed by atoms with Crippen molar-refractivity contribution < 1.29 is 27.6 Å². The molecule has 0 bridgehead atoms. The van der Waals surface area contributed by atoms with Crippen LogP contribution in [-0.2, 0) is 23.8 Å². The lowest BCUT2D eigenvalue weighted by molar-refractivity contribution is -0.138. The number of aromatic nitrogens is 2. The van der Waals surface area contributed by atoms with Gasteiger partial charge in [0.05, 0.1) is 18.4 Å². The molecule has 2 rings (SSSR count). The molecule has 1 aromatic carbocycles. The zero-order chi connectivity index (χ0) is 15.5. The van der Waals surface area contributed by atoms with Crippen LogP contribution in [0.5, 0.6) is 0 Å². The highest BCUT2D eigenvalue weighted by molar-refractivity contribution is 5.66. The molecule has 8 heteroatoms. The first kappa shape index (κ1) is 15.0. The SMILES string of the molecule is O=C(O)CCc1noc(Cc2ccc(C(F)(F)F)cc2)n1. The van der Waals surface area contributed by atoms with Crippen molar-refractivity contribution in [2.75, 3.05) is 0 Å². The van der Waals surface area contributed by atoms with Crippen molar-refractivity contribution in [2.45, 2.75) is 25.4 Å². The number of alkyl halides is 3. The number of carboxylic acid groups (broad SMARTS) is 1. The summed E-state index contributed by atoms with van der Waals surface area (Å²) in [5, 5.41) is 12.1. The summed E-state index contributed by atoms with van der Waals surface area (Å²) in [6, 6.07) is 4.64. The number of hydrogen-bond acceptors (Lipinski definition) is 4. The van der Waals surface area contributed by atoms with E-state index in [1.807, 2.05) is 0 Å². The van der Waals surface area contributed by atoms with Crippen molar-refractivity contribution in [2.24, 2.45) is 0 Å². The summed E-state index contributed by atoms with van der Waals surface area (Å²) in [5.74, 6) is -0.474. The van der Waals surface area contributed by atoms with Gasteiger partial charge >= 0.3 is 12.1 Å². The lowest BCUT2D eigenvalue weighted by Crippen LogP contribution is -2.04. The molecule has 0 unspecified atom stereocenters. The fourth-order valence-electron chi connectivity index (χ4n) is 1.67. The molecule has 0 aliphatic carbocycles. The number of hydrogen-bond donors (Lipinski definition) is 1. The molecule has 0 saturated carbocycles. The lowest BCUT2D eigenvalue weighted by Gasteiger charge is -2.06. The number of nitrogens with zero attached hydrogens (tertiary/aromatic N) is 2. The van der Waals surface area contributed by atoms with Gasteiger partial charge in [-0.3, -0.25) is 4.79 Å². The van der Waals surface area contributed by atoms with Gasteiger partial charge in [-0.25, -0.2) is 0 Å². The Labute approximate surface area is 117 Å². The van der Waals surface area contributed by atoms with Gasteiger partial charge in [0.2, 0.25) is 5.89 Å². The normalized spacial score (nSPS) is 11.6. The number of aryl methyl sites for hydroxylation is 1. The molecular weight excluding hydrogens is 289 g/mol. The molecule has 5 nitrogen and oxygen atoms in total. The van der Waals surface area contributed by atoms with Crippen molar-refractivity contribution in [3.63, 3.8) is 0 Å². The molecule has 2 aromatic rings. The Morgan fingerprint density at radius 1 is 1.24 bits per heavy atom. The summed E-state index contributed by atoms with van der Waals surface area (Å²) < 4.78 is 42.2. The highest BCUT2D eigenvalue weighted by atomic mass is 19.4. The molecule has 1 N–H and O–H groups in total. The third-order valence-corrected chi connectivity index (χ3v) is 2.71. The van der Waals surface area contributed by atoms with E-state index in [9.17, 15) is 18.0 Å². The largest absolute Gasteiger partial charge is 0.481 e. The third kappa shape index (κ3) is 4.30. The first-order valence-corrected chi connectivity index (χ1v) is 6.04. The van der Waals surface area contributed by atoms with Gasteiger partial charge in [0, 0.05) is 6.42 Å². The van der Waals surface area contributed by atoms with Crippen LogP contribution >= 0.6 is 0 Å². The molecular formula is C13H11F3N2O3. The fraction of sp³-hybridized carbons (Fsp3) is 0.308. The minimum absolute atomic E-state index is 0.112. The highest BCUT2D eigenvalue weighted by Gasteiger charge is 2.29. The van der Waals surface area contributed by atoms with Crippen LogP contribution in [0.1, 0.15) is 29.3 Å². The van der Waals surface area contributed by atoms with E-state index >= 15 is 0 Å². The van der Waals surface area contributed by atoms with Gasteiger partial charge < -0.3 is 9.63 Å². The Bertz CT molecular complexity index is 620. The van der Waals surface area contributed by atoms with Gasteiger partial charge in [-0.1, -0.05) is 17.3 Å². The summed E-state index contributed by atoms with van der Waals surface area (Å²) in [5.41, 5.74) is -0.129. The first-order chi connectivity index (χ1) is 9.84. The Hall–Kier alpha value is -2.38. The standard InChI is InChI=1S/C13H11F3N2O3/c14-13(15,16)9-3-1-8(2-4-9)7-11-17-10(18-21-11)5-6-12(19)20/h1-4H,5-7H2,(H,19,20). The predicted molar refractivity (Wildman–Crippen MR) is 64.5 cm³/mol. The molecule has 0 spiro atoms. The molecule has 0 saturated heterocycles. The van der Waals surface area contributed by atoms with E-state index in [2.05, 4.69) is 10.1 Å². The molecule has 0 atom stereocenters. The van der Waals surface area contributed by atoms with Crippen LogP contribution in [0.15, 0.2) is 28.8 Å². The Morgan fingerprint density at radius 2 is 1.90 bits per heavy atom. The van der Waals surface area contributed by atoms with Crippen molar-refractivity contribution in [3.8, 4) is 0 Å². The topological polar surface area (TPSA) is 76.2 Å². The number of benzene rings is 1. The average molecular weight is 300 g/mol. The lowest BCUT2D eigenvalue weighted by atomic mass is 10.1. The molecule has 0 aliphatic rings. The number of carbonyl (C=O) groups is 1. The molecule has 0 radical (unpaired) electrons. The third-order valence-electron chi connectivity index (χ3n) is 2.71. The molecule has 1 aromatic heterocycles. The summed E-state index contributed by atoms with van der Waals surface area (Å²) in [6.07, 6.45) is -4.14. The van der Waals surface area contributed by atoms with Crippen molar-refractivity contribution >= 4 is 5.97 Å². The molecule has 21 heavy (non-hydrogen) atoms. The van der Waals surface area contributed by atoms with E-state index < -0.39 is 17.7 Å². The van der Waals surface area contributed by atoms with Gasteiger partial charge in [0.15, 0.2) is 5.82 Å². The number of rotatable bonds is 5. The van der Waals surface area contributed by atoms with E-state index in [1.165, 1.54) is 12.1 Å². The molecule has 0 aliphatic heterocycles. The second-order valence-corrected chi connectivity index (χ2v) is 4.37. The van der Waals surface area contributed by atoms with Crippen molar-refractivity contribution in [1.29, 1.82) is 0 Å². The Morgan fingerprint density at radius 3 is 2.48 bits per heavy atom. The van der Waals surface area contributed by atoms with Crippen LogP contribution in [-0.4, -0.2) is 21.2 Å². The van der Waals surface area contributed by atoms with Gasteiger partial charge in [-0.05, 0) is 17.7 Å². The van der Waals surface area contributed by atoms with Gasteiger partial charge in [-0.2, -0.15) is 18.2 Å². The van der Waals surface area contributed by atoms with Crippen LogP contribution < -0.4 is 0 Å². The zero-order valence-electron chi connectivity index (χ0n) is 10.7. The molecule has 0 amide bonds. The molecule has 1 heterocycles. The van der Waals surface area contributed by atoms with E-state index in [0.29, 0.717) is 5.56 Å². The maximum Gasteiger partial charge on any atom is 0.416 e. The maximum absolute atomic E-state index is 12.4. The maximum atomic E-state index is 12.4. The van der Waals surface area contributed by atoms with Crippen molar-refractivity contribution in [1.82, 2.24) is 10.1 Å². The zero-order valence-corrected chi connectivity index (χ0v) is 10.7. The van der Waals surface area contributed by atoms with E-state index in [1.54, 1.807) is 0 Å². The smallest absolute Gasteiger partial charge is 0.416 e. The van der Waals surface area contributed by atoms with Crippen LogP contribution in [0.3, 0.4) is 0 Å². The van der Waals surface area contributed by atoms with Gasteiger partial charge in [-0.15, -0.1) is 0 Å². The predicted octanol–water partition coefficient (Wildman–Crippen LogP) is 2.70. The molecule has 0 fully saturated rings. The fourth-order valence-corrected chi connectivity index (χ4v) is 1.67. The van der Waals surface area contributed by atoms with Crippen LogP contribution in [0.4, 0.5) is 13.2 Å². The summed E-state index contributed by atoms with van der Waals surface area (Å²) in [7, 11) is 0. The summed E-state index contributed by atoms with van der Waals surface area (Å²) >= 11 is 0. The van der Waals surface area contributed by atoms with Crippen molar-refractivity contribution in [3.05, 3.63) is 47.1 Å². The first-order valence-electron chi connectivity index (χ1n) is 6.04. The Balaban J connectivity index is 2.00. The quantitative estimate of drug-likeness (QED) is 0.918. The summed E-state index contributed by atoms with van der Waals surface area (Å²) in [4.78, 5) is 14.4. The van der Waals surface area contributed by atoms with E-state index in [4.69, 9.17) is 9.63 Å². The van der Waals surface area contributed by atoms with E-state index in [-0.39, 0.29) is 31.0 Å². The second kappa shape index (κ2) is 5.94. The number of carboxylic acids is 1. The highest BCUT2D eigenvalue weighted by Crippen LogP contribution is 2.29. The van der Waals surface area contributed by atoms with E-state index in [0.717, 1.165) is 12.1 Å². The number of halogens is 3. The minimum atomic E-state index is -4.37. The minimum Gasteiger partial charge on any atom is -0.481 e. The summed E-state index contributed by atoms with van der Waals surface area (Å²) in [6.45, 7) is 0. The van der Waals surface area contributed by atoms with Gasteiger partial charge in [0.25, 0.3) is 0 Å².